The van der Waals surface area contributed by atoms with E-state index in [1.54, 1.807) is 6.92 Å². The molecule has 0 fully saturated rings. The summed E-state index contributed by atoms with van der Waals surface area (Å²) in [5, 5.41) is 25.8. The second-order valence-corrected chi connectivity index (χ2v) is 5.45. The topological polar surface area (TPSA) is 111 Å². The summed E-state index contributed by atoms with van der Waals surface area (Å²) in [6.45, 7) is 1.74. The highest BCUT2D eigenvalue weighted by Crippen LogP contribution is 2.29. The maximum absolute atomic E-state index is 11.0. The van der Waals surface area contributed by atoms with Crippen molar-refractivity contribution in [2.45, 2.75) is 6.92 Å². The van der Waals surface area contributed by atoms with Crippen molar-refractivity contribution in [1.29, 1.82) is 0 Å². The van der Waals surface area contributed by atoms with Gasteiger partial charge < -0.3 is 0 Å². The van der Waals surface area contributed by atoms with Gasteiger partial charge in [0.25, 0.3) is 5.69 Å². The van der Waals surface area contributed by atoms with Crippen molar-refractivity contribution in [3.8, 4) is 0 Å². The van der Waals surface area contributed by atoms with Crippen LogP contribution in [0.1, 0.15) is 12.5 Å². The molecule has 2 aromatic carbocycles. The van der Waals surface area contributed by atoms with Gasteiger partial charge in [0.2, 0.25) is 0 Å². The van der Waals surface area contributed by atoms with Gasteiger partial charge in [-0.2, -0.15) is 5.10 Å². The molecular weight excluding hydrogens is 368 g/mol. The molecule has 118 valence electrons. The van der Waals surface area contributed by atoms with Gasteiger partial charge in [0.15, 0.2) is 0 Å². The maximum atomic E-state index is 11.0. The predicted molar refractivity (Wildman–Crippen MR) is 89.7 cm³/mol. The van der Waals surface area contributed by atoms with Gasteiger partial charge in [0.05, 0.1) is 21.6 Å². The van der Waals surface area contributed by atoms with Crippen LogP contribution in [0.15, 0.2) is 52.0 Å². The molecule has 0 saturated heterocycles. The second kappa shape index (κ2) is 6.97. The summed E-state index contributed by atoms with van der Waals surface area (Å²) in [5.74, 6) is 0. The first-order valence-corrected chi connectivity index (χ1v) is 7.17. The number of hydrazone groups is 1. The molecule has 23 heavy (non-hydrogen) atoms. The van der Waals surface area contributed by atoms with Crippen LogP contribution in [0.5, 0.6) is 0 Å². The zero-order valence-corrected chi connectivity index (χ0v) is 13.5. The SMILES string of the molecule is C/C(=N\Nc1ccc([N+](=O)[O-])cc1[N+](=O)[O-])c1cccc(Br)c1. The number of nitro benzene ring substituents is 2. The number of halogens is 1. The molecule has 0 aliphatic carbocycles. The van der Waals surface area contributed by atoms with Crippen LogP contribution in [0.25, 0.3) is 0 Å². The molecule has 0 heterocycles. The number of benzene rings is 2. The lowest BCUT2D eigenvalue weighted by atomic mass is 10.1. The maximum Gasteiger partial charge on any atom is 0.301 e. The predicted octanol–water partition coefficient (Wildman–Crippen LogP) is 4.10. The molecule has 0 spiro atoms. The van der Waals surface area contributed by atoms with Crippen molar-refractivity contribution in [3.63, 3.8) is 0 Å². The van der Waals surface area contributed by atoms with Gasteiger partial charge in [-0.15, -0.1) is 0 Å². The van der Waals surface area contributed by atoms with E-state index in [0.29, 0.717) is 5.71 Å². The van der Waals surface area contributed by atoms with E-state index >= 15 is 0 Å². The van der Waals surface area contributed by atoms with Crippen molar-refractivity contribution in [2.75, 3.05) is 5.43 Å². The number of hydrogen-bond acceptors (Lipinski definition) is 6. The number of nitrogens with zero attached hydrogens (tertiary/aromatic N) is 3. The summed E-state index contributed by atoms with van der Waals surface area (Å²) in [5.41, 5.74) is 3.34. The Morgan fingerprint density at radius 1 is 1.13 bits per heavy atom. The molecule has 2 aromatic rings. The van der Waals surface area contributed by atoms with Crippen LogP contribution in [0.2, 0.25) is 0 Å². The zero-order chi connectivity index (χ0) is 17.0. The molecule has 0 saturated carbocycles. The van der Waals surface area contributed by atoms with Gasteiger partial charge in [-0.05, 0) is 30.7 Å². The van der Waals surface area contributed by atoms with E-state index in [-0.39, 0.29) is 11.4 Å². The standard InChI is InChI=1S/C14H11BrN4O4/c1-9(10-3-2-4-11(15)7-10)16-17-13-6-5-12(18(20)21)8-14(13)19(22)23/h2-8,17H,1H3/b16-9+. The fraction of sp³-hybridized carbons (Fsp3) is 0.0714. The Morgan fingerprint density at radius 3 is 2.48 bits per heavy atom. The molecule has 0 bridgehead atoms. The smallest absolute Gasteiger partial charge is 0.271 e. The number of anilines is 1. The fourth-order valence-electron chi connectivity index (χ4n) is 1.80. The van der Waals surface area contributed by atoms with Crippen LogP contribution in [0.3, 0.4) is 0 Å². The average Bonchev–Trinajstić information content (AvgIpc) is 2.52. The van der Waals surface area contributed by atoms with E-state index in [2.05, 4.69) is 26.5 Å². The molecular formula is C14H11BrN4O4. The summed E-state index contributed by atoms with van der Waals surface area (Å²) >= 11 is 3.35. The van der Waals surface area contributed by atoms with Crippen LogP contribution >= 0.6 is 15.9 Å². The highest BCUT2D eigenvalue weighted by atomic mass is 79.9. The van der Waals surface area contributed by atoms with Crippen molar-refractivity contribution >= 4 is 38.7 Å². The molecule has 8 nitrogen and oxygen atoms in total. The number of non-ortho nitro benzene ring substituents is 1. The lowest BCUT2D eigenvalue weighted by Gasteiger charge is -2.05. The van der Waals surface area contributed by atoms with Crippen molar-refractivity contribution < 1.29 is 9.85 Å². The van der Waals surface area contributed by atoms with Crippen LogP contribution in [-0.2, 0) is 0 Å². The first-order chi connectivity index (χ1) is 10.9. The first kappa shape index (κ1) is 16.6. The monoisotopic (exact) mass is 378 g/mol. The lowest BCUT2D eigenvalue weighted by molar-refractivity contribution is -0.393. The van der Waals surface area contributed by atoms with Crippen LogP contribution in [0.4, 0.5) is 17.1 Å². The van der Waals surface area contributed by atoms with E-state index < -0.39 is 15.5 Å². The highest BCUT2D eigenvalue weighted by Gasteiger charge is 2.19. The fourth-order valence-corrected chi connectivity index (χ4v) is 2.20. The minimum absolute atomic E-state index is 0.0787. The lowest BCUT2D eigenvalue weighted by Crippen LogP contribution is -2.02. The Morgan fingerprint density at radius 2 is 1.87 bits per heavy atom. The minimum Gasteiger partial charge on any atom is -0.271 e. The normalized spacial score (nSPS) is 11.1. The third-order valence-corrected chi connectivity index (χ3v) is 3.47. The summed E-state index contributed by atoms with van der Waals surface area (Å²) in [6, 6.07) is 10.7. The Bertz CT molecular complexity index is 807. The first-order valence-electron chi connectivity index (χ1n) is 6.37. The Labute approximate surface area is 139 Å². The van der Waals surface area contributed by atoms with Crippen LogP contribution in [0, 0.1) is 20.2 Å². The van der Waals surface area contributed by atoms with Crippen molar-refractivity contribution in [1.82, 2.24) is 0 Å². The van der Waals surface area contributed by atoms with Gasteiger partial charge >= 0.3 is 5.69 Å². The van der Waals surface area contributed by atoms with E-state index in [1.807, 2.05) is 24.3 Å². The molecule has 0 unspecified atom stereocenters. The Balaban J connectivity index is 2.31. The number of nitro groups is 2. The van der Waals surface area contributed by atoms with Gasteiger partial charge in [-0.1, -0.05) is 28.1 Å². The van der Waals surface area contributed by atoms with Crippen molar-refractivity contribution in [2.24, 2.45) is 5.10 Å². The summed E-state index contributed by atoms with van der Waals surface area (Å²) in [4.78, 5) is 20.4. The van der Waals surface area contributed by atoms with Gasteiger partial charge in [0, 0.05) is 10.5 Å². The molecule has 9 heteroatoms. The number of hydrogen-bond donors (Lipinski definition) is 1. The molecule has 0 aliphatic rings. The van der Waals surface area contributed by atoms with Crippen molar-refractivity contribution in [3.05, 3.63) is 72.7 Å². The van der Waals surface area contributed by atoms with E-state index in [4.69, 9.17) is 0 Å². The summed E-state index contributed by atoms with van der Waals surface area (Å²) in [7, 11) is 0. The molecule has 0 aliphatic heterocycles. The number of rotatable bonds is 5. The molecule has 0 radical (unpaired) electrons. The van der Waals surface area contributed by atoms with Gasteiger partial charge in [-0.25, -0.2) is 0 Å². The molecule has 1 N–H and O–H groups in total. The molecule has 0 atom stereocenters. The van der Waals surface area contributed by atoms with E-state index in [1.165, 1.54) is 12.1 Å². The van der Waals surface area contributed by atoms with Crippen LogP contribution < -0.4 is 5.43 Å². The van der Waals surface area contributed by atoms with Crippen LogP contribution in [-0.4, -0.2) is 15.6 Å². The Kier molecular flexibility index (Phi) is 5.02. The van der Waals surface area contributed by atoms with E-state index in [9.17, 15) is 20.2 Å². The minimum atomic E-state index is -0.695. The average molecular weight is 379 g/mol. The van der Waals surface area contributed by atoms with E-state index in [0.717, 1.165) is 16.1 Å². The number of nitrogens with one attached hydrogen (secondary N) is 1. The third-order valence-electron chi connectivity index (χ3n) is 2.98. The summed E-state index contributed by atoms with van der Waals surface area (Å²) < 4.78 is 0.880. The molecule has 0 aromatic heterocycles. The largest absolute Gasteiger partial charge is 0.301 e. The second-order valence-electron chi connectivity index (χ2n) is 4.54. The molecule has 0 amide bonds. The highest BCUT2D eigenvalue weighted by molar-refractivity contribution is 9.10. The Hall–Kier alpha value is -2.81. The zero-order valence-electron chi connectivity index (χ0n) is 11.9. The van der Waals surface area contributed by atoms with Gasteiger partial charge in [0.1, 0.15) is 5.69 Å². The third kappa shape index (κ3) is 4.10. The quantitative estimate of drug-likeness (QED) is 0.478. The van der Waals surface area contributed by atoms with Gasteiger partial charge in [-0.3, -0.25) is 25.7 Å². The molecule has 2 rings (SSSR count). The summed E-state index contributed by atoms with van der Waals surface area (Å²) in [6.07, 6.45) is 0.